The van der Waals surface area contributed by atoms with Crippen LogP contribution in [0.25, 0.3) is 10.9 Å². The highest BCUT2D eigenvalue weighted by atomic mass is 15.1. The van der Waals surface area contributed by atoms with Gasteiger partial charge in [-0.1, -0.05) is 32.0 Å². The van der Waals surface area contributed by atoms with E-state index in [1.54, 1.807) is 0 Å². The standard InChI is InChI=1S/C14H17N3/c1-9(2)12-7-16-13-8-15-11-6-4-3-5-10(11)14(13)17-12/h3-6,8-9,12,16-17H,7H2,1-2H3. The third-order valence-electron chi connectivity index (χ3n) is 3.42. The molecule has 2 N–H and O–H groups in total. The molecule has 0 fully saturated rings. The van der Waals surface area contributed by atoms with E-state index in [4.69, 9.17) is 0 Å². The van der Waals surface area contributed by atoms with Crippen LogP contribution >= 0.6 is 0 Å². The van der Waals surface area contributed by atoms with Crippen molar-refractivity contribution in [1.29, 1.82) is 0 Å². The Kier molecular flexibility index (Phi) is 2.39. The van der Waals surface area contributed by atoms with Gasteiger partial charge in [-0.05, 0) is 12.0 Å². The van der Waals surface area contributed by atoms with Crippen molar-refractivity contribution in [2.45, 2.75) is 19.9 Å². The van der Waals surface area contributed by atoms with Crippen LogP contribution in [-0.2, 0) is 0 Å². The number of nitrogens with zero attached hydrogens (tertiary/aromatic N) is 1. The maximum atomic E-state index is 4.46. The molecule has 17 heavy (non-hydrogen) atoms. The molecule has 1 aliphatic rings. The summed E-state index contributed by atoms with van der Waals surface area (Å²) < 4.78 is 0. The second-order valence-electron chi connectivity index (χ2n) is 4.94. The van der Waals surface area contributed by atoms with Gasteiger partial charge in [0.05, 0.1) is 23.1 Å². The van der Waals surface area contributed by atoms with Gasteiger partial charge in [0.2, 0.25) is 0 Å². The van der Waals surface area contributed by atoms with Crippen LogP contribution in [0.1, 0.15) is 13.8 Å². The lowest BCUT2D eigenvalue weighted by atomic mass is 10.0. The lowest BCUT2D eigenvalue weighted by molar-refractivity contribution is 0.537. The number of pyridine rings is 1. The number of hydrogen-bond acceptors (Lipinski definition) is 3. The molecule has 1 atom stereocenters. The van der Waals surface area contributed by atoms with Gasteiger partial charge in [0.25, 0.3) is 0 Å². The van der Waals surface area contributed by atoms with E-state index in [0.29, 0.717) is 12.0 Å². The second-order valence-corrected chi connectivity index (χ2v) is 4.94. The first kappa shape index (κ1) is 10.4. The molecule has 0 spiro atoms. The maximum absolute atomic E-state index is 4.46. The summed E-state index contributed by atoms with van der Waals surface area (Å²) in [5.41, 5.74) is 3.35. The third kappa shape index (κ3) is 1.71. The predicted octanol–water partition coefficient (Wildman–Crippen LogP) is 3.10. The quantitative estimate of drug-likeness (QED) is 0.786. The van der Waals surface area contributed by atoms with Crippen molar-refractivity contribution >= 4 is 22.3 Å². The molecule has 88 valence electrons. The van der Waals surface area contributed by atoms with Gasteiger partial charge < -0.3 is 10.6 Å². The lowest BCUT2D eigenvalue weighted by Gasteiger charge is -2.31. The first-order chi connectivity index (χ1) is 8.25. The van der Waals surface area contributed by atoms with Gasteiger partial charge >= 0.3 is 0 Å². The Hall–Kier alpha value is -1.77. The minimum Gasteiger partial charge on any atom is -0.380 e. The van der Waals surface area contributed by atoms with Gasteiger partial charge in [-0.25, -0.2) is 0 Å². The van der Waals surface area contributed by atoms with Gasteiger partial charge in [-0.2, -0.15) is 0 Å². The summed E-state index contributed by atoms with van der Waals surface area (Å²) in [6.45, 7) is 5.45. The molecule has 0 radical (unpaired) electrons. The van der Waals surface area contributed by atoms with E-state index in [-0.39, 0.29) is 0 Å². The highest BCUT2D eigenvalue weighted by Gasteiger charge is 2.21. The van der Waals surface area contributed by atoms with Crippen LogP contribution in [0.2, 0.25) is 0 Å². The number of hydrogen-bond donors (Lipinski definition) is 2. The van der Waals surface area contributed by atoms with Crippen LogP contribution in [0.3, 0.4) is 0 Å². The van der Waals surface area contributed by atoms with E-state index in [2.05, 4.69) is 47.7 Å². The van der Waals surface area contributed by atoms with Gasteiger partial charge in [0, 0.05) is 18.0 Å². The molecule has 0 bridgehead atoms. The fraction of sp³-hybridized carbons (Fsp3) is 0.357. The number of rotatable bonds is 1. The zero-order valence-electron chi connectivity index (χ0n) is 10.2. The number of fused-ring (bicyclic) bond motifs is 3. The summed E-state index contributed by atoms with van der Waals surface area (Å²) in [7, 11) is 0. The summed E-state index contributed by atoms with van der Waals surface area (Å²) in [5.74, 6) is 0.613. The molecular weight excluding hydrogens is 210 g/mol. The monoisotopic (exact) mass is 227 g/mol. The minimum atomic E-state index is 0.480. The fourth-order valence-corrected chi connectivity index (χ4v) is 2.29. The fourth-order valence-electron chi connectivity index (χ4n) is 2.29. The van der Waals surface area contributed by atoms with Crippen molar-refractivity contribution < 1.29 is 0 Å². The van der Waals surface area contributed by atoms with Crippen molar-refractivity contribution in [1.82, 2.24) is 4.98 Å². The Bertz CT molecular complexity index is 548. The molecular formula is C14H17N3. The molecule has 3 nitrogen and oxygen atoms in total. The van der Waals surface area contributed by atoms with Crippen molar-refractivity contribution in [3.8, 4) is 0 Å². The van der Waals surface area contributed by atoms with E-state index < -0.39 is 0 Å². The van der Waals surface area contributed by atoms with E-state index in [1.807, 2.05) is 12.3 Å². The summed E-state index contributed by atoms with van der Waals surface area (Å²) in [6.07, 6.45) is 1.92. The van der Waals surface area contributed by atoms with Gasteiger partial charge in [0.15, 0.2) is 0 Å². The molecule has 0 saturated carbocycles. The molecule has 1 aliphatic heterocycles. The Labute approximate surface area is 101 Å². The van der Waals surface area contributed by atoms with Crippen molar-refractivity contribution in [2.24, 2.45) is 5.92 Å². The van der Waals surface area contributed by atoms with E-state index in [9.17, 15) is 0 Å². The normalized spacial score (nSPS) is 18.6. The highest BCUT2D eigenvalue weighted by molar-refractivity contribution is 5.98. The van der Waals surface area contributed by atoms with Crippen LogP contribution < -0.4 is 10.6 Å². The number of nitrogens with one attached hydrogen (secondary N) is 2. The van der Waals surface area contributed by atoms with Crippen LogP contribution in [0.5, 0.6) is 0 Å². The maximum Gasteiger partial charge on any atom is 0.0769 e. The topological polar surface area (TPSA) is 37.0 Å². The Morgan fingerprint density at radius 2 is 2.12 bits per heavy atom. The SMILES string of the molecule is CC(C)C1CNc2cnc3ccccc3c2N1. The number of benzene rings is 1. The lowest BCUT2D eigenvalue weighted by Crippen LogP contribution is -2.37. The van der Waals surface area contributed by atoms with Crippen LogP contribution in [0.4, 0.5) is 11.4 Å². The molecule has 3 heteroatoms. The number of aromatic nitrogens is 1. The van der Waals surface area contributed by atoms with Crippen molar-refractivity contribution in [2.75, 3.05) is 17.2 Å². The first-order valence-electron chi connectivity index (χ1n) is 6.14. The molecule has 0 aliphatic carbocycles. The first-order valence-corrected chi connectivity index (χ1v) is 6.14. The second kappa shape index (κ2) is 3.91. The summed E-state index contributed by atoms with van der Waals surface area (Å²) in [4.78, 5) is 4.46. The van der Waals surface area contributed by atoms with Gasteiger partial charge in [-0.15, -0.1) is 0 Å². The van der Waals surface area contributed by atoms with Gasteiger partial charge in [0.1, 0.15) is 0 Å². The summed E-state index contributed by atoms with van der Waals surface area (Å²) in [6, 6.07) is 8.74. The van der Waals surface area contributed by atoms with Crippen LogP contribution in [0, 0.1) is 5.92 Å². The average molecular weight is 227 g/mol. The number of anilines is 2. The molecule has 0 saturated heterocycles. The molecule has 2 aromatic rings. The molecule has 3 rings (SSSR count). The largest absolute Gasteiger partial charge is 0.380 e. The van der Waals surface area contributed by atoms with E-state index in [1.165, 1.54) is 11.1 Å². The Morgan fingerprint density at radius 3 is 2.94 bits per heavy atom. The predicted molar refractivity (Wildman–Crippen MR) is 72.5 cm³/mol. The molecule has 2 heterocycles. The van der Waals surface area contributed by atoms with Crippen LogP contribution in [0.15, 0.2) is 30.5 Å². The Balaban J connectivity index is 2.12. The van der Waals surface area contributed by atoms with E-state index >= 15 is 0 Å². The molecule has 1 unspecified atom stereocenters. The van der Waals surface area contributed by atoms with Gasteiger partial charge in [-0.3, -0.25) is 4.98 Å². The highest BCUT2D eigenvalue weighted by Crippen LogP contribution is 2.33. The summed E-state index contributed by atoms with van der Waals surface area (Å²) in [5, 5.41) is 8.30. The van der Waals surface area contributed by atoms with Crippen molar-refractivity contribution in [3.05, 3.63) is 30.5 Å². The summed E-state index contributed by atoms with van der Waals surface area (Å²) >= 11 is 0. The van der Waals surface area contributed by atoms with Crippen LogP contribution in [-0.4, -0.2) is 17.6 Å². The molecule has 0 amide bonds. The molecule has 1 aromatic heterocycles. The third-order valence-corrected chi connectivity index (χ3v) is 3.42. The minimum absolute atomic E-state index is 0.480. The van der Waals surface area contributed by atoms with E-state index in [0.717, 1.165) is 17.7 Å². The zero-order valence-corrected chi connectivity index (χ0v) is 10.2. The molecule has 1 aromatic carbocycles. The average Bonchev–Trinajstić information content (AvgIpc) is 2.38. The van der Waals surface area contributed by atoms with Crippen molar-refractivity contribution in [3.63, 3.8) is 0 Å². The zero-order chi connectivity index (χ0) is 11.8. The number of para-hydroxylation sites is 1. The Morgan fingerprint density at radius 1 is 1.29 bits per heavy atom. The smallest absolute Gasteiger partial charge is 0.0769 e.